The predicted molar refractivity (Wildman–Crippen MR) is 84.4 cm³/mol. The second-order valence-electron chi connectivity index (χ2n) is 5.05. The van der Waals surface area contributed by atoms with Crippen molar-refractivity contribution in [3.63, 3.8) is 0 Å². The SMILES string of the molecule is COc1ccccc1CC(C)NCc1ccc(F)c(Cl)c1. The molecule has 0 radical (unpaired) electrons. The van der Waals surface area contributed by atoms with E-state index in [2.05, 4.69) is 18.3 Å². The lowest BCUT2D eigenvalue weighted by atomic mass is 10.1. The van der Waals surface area contributed by atoms with Crippen molar-refractivity contribution in [2.45, 2.75) is 25.9 Å². The van der Waals surface area contributed by atoms with Gasteiger partial charge in [-0.3, -0.25) is 0 Å². The van der Waals surface area contributed by atoms with Crippen LogP contribution in [0.15, 0.2) is 42.5 Å². The Morgan fingerprint density at radius 3 is 2.71 bits per heavy atom. The van der Waals surface area contributed by atoms with Gasteiger partial charge in [0.2, 0.25) is 0 Å². The average Bonchev–Trinajstić information content (AvgIpc) is 2.49. The van der Waals surface area contributed by atoms with Crippen molar-refractivity contribution in [1.82, 2.24) is 5.32 Å². The van der Waals surface area contributed by atoms with Crippen LogP contribution in [0, 0.1) is 5.82 Å². The molecule has 1 atom stereocenters. The Balaban J connectivity index is 1.92. The number of nitrogens with one attached hydrogen (secondary N) is 1. The fourth-order valence-corrected chi connectivity index (χ4v) is 2.42. The minimum Gasteiger partial charge on any atom is -0.496 e. The summed E-state index contributed by atoms with van der Waals surface area (Å²) in [5, 5.41) is 3.57. The van der Waals surface area contributed by atoms with Gasteiger partial charge in [0.05, 0.1) is 12.1 Å². The lowest BCUT2D eigenvalue weighted by Crippen LogP contribution is -2.27. The van der Waals surface area contributed by atoms with Crippen LogP contribution in [0.1, 0.15) is 18.1 Å². The van der Waals surface area contributed by atoms with E-state index in [1.165, 1.54) is 6.07 Å². The second-order valence-corrected chi connectivity index (χ2v) is 5.45. The summed E-state index contributed by atoms with van der Waals surface area (Å²) >= 11 is 5.78. The van der Waals surface area contributed by atoms with Crippen molar-refractivity contribution in [2.75, 3.05) is 7.11 Å². The molecule has 0 bridgehead atoms. The third kappa shape index (κ3) is 4.45. The molecule has 0 aliphatic rings. The van der Waals surface area contributed by atoms with Crippen molar-refractivity contribution in [1.29, 1.82) is 0 Å². The third-order valence-corrected chi connectivity index (χ3v) is 3.65. The van der Waals surface area contributed by atoms with Crippen molar-refractivity contribution < 1.29 is 9.13 Å². The number of rotatable bonds is 6. The fraction of sp³-hybridized carbons (Fsp3) is 0.294. The van der Waals surface area contributed by atoms with Crippen LogP contribution in [0.4, 0.5) is 4.39 Å². The van der Waals surface area contributed by atoms with E-state index in [0.29, 0.717) is 6.54 Å². The first kappa shape index (κ1) is 15.8. The quantitative estimate of drug-likeness (QED) is 0.863. The first-order chi connectivity index (χ1) is 10.1. The zero-order valence-corrected chi connectivity index (χ0v) is 13.0. The molecular weight excluding hydrogens is 289 g/mol. The minimum absolute atomic E-state index is 0.159. The zero-order valence-electron chi connectivity index (χ0n) is 12.2. The van der Waals surface area contributed by atoms with Crippen LogP contribution in [0.3, 0.4) is 0 Å². The molecule has 0 heterocycles. The summed E-state index contributed by atoms with van der Waals surface area (Å²) in [4.78, 5) is 0. The van der Waals surface area contributed by atoms with E-state index in [1.54, 1.807) is 19.2 Å². The molecule has 112 valence electrons. The molecule has 1 N–H and O–H groups in total. The Labute approximate surface area is 129 Å². The lowest BCUT2D eigenvalue weighted by Gasteiger charge is -2.16. The summed E-state index contributed by atoms with van der Waals surface area (Å²) in [5.74, 6) is 0.512. The summed E-state index contributed by atoms with van der Waals surface area (Å²) < 4.78 is 18.5. The molecule has 0 aliphatic heterocycles. The van der Waals surface area contributed by atoms with Gasteiger partial charge >= 0.3 is 0 Å². The van der Waals surface area contributed by atoms with Crippen LogP contribution in [0.2, 0.25) is 5.02 Å². The smallest absolute Gasteiger partial charge is 0.141 e. The Bertz CT molecular complexity index is 603. The van der Waals surface area contributed by atoms with Crippen molar-refractivity contribution >= 4 is 11.6 Å². The summed E-state index contributed by atoms with van der Waals surface area (Å²) in [6.07, 6.45) is 0.860. The number of benzene rings is 2. The predicted octanol–water partition coefficient (Wildman–Crippen LogP) is 4.21. The maximum atomic E-state index is 13.1. The molecule has 1 unspecified atom stereocenters. The molecule has 0 saturated carbocycles. The van der Waals surface area contributed by atoms with E-state index in [0.717, 1.165) is 23.3 Å². The van der Waals surface area contributed by atoms with Gasteiger partial charge in [-0.25, -0.2) is 4.39 Å². The molecule has 0 amide bonds. The Hall–Kier alpha value is -1.58. The topological polar surface area (TPSA) is 21.3 Å². The average molecular weight is 308 g/mol. The van der Waals surface area contributed by atoms with E-state index in [9.17, 15) is 4.39 Å². The molecule has 2 nitrogen and oxygen atoms in total. The van der Waals surface area contributed by atoms with Crippen molar-refractivity contribution in [2.24, 2.45) is 0 Å². The van der Waals surface area contributed by atoms with Crippen molar-refractivity contribution in [3.8, 4) is 5.75 Å². The van der Waals surface area contributed by atoms with Gasteiger partial charge in [-0.2, -0.15) is 0 Å². The monoisotopic (exact) mass is 307 g/mol. The van der Waals surface area contributed by atoms with Crippen LogP contribution in [0.25, 0.3) is 0 Å². The summed E-state index contributed by atoms with van der Waals surface area (Å²) in [6, 6.07) is 13.0. The van der Waals surface area contributed by atoms with E-state index in [1.807, 2.05) is 18.2 Å². The highest BCUT2D eigenvalue weighted by molar-refractivity contribution is 6.30. The maximum Gasteiger partial charge on any atom is 0.141 e. The molecule has 2 aromatic carbocycles. The lowest BCUT2D eigenvalue weighted by molar-refractivity contribution is 0.406. The van der Waals surface area contributed by atoms with Gasteiger partial charge < -0.3 is 10.1 Å². The van der Waals surface area contributed by atoms with Gasteiger partial charge in [0.25, 0.3) is 0 Å². The summed E-state index contributed by atoms with van der Waals surface area (Å²) in [7, 11) is 1.68. The second kappa shape index (κ2) is 7.43. The van der Waals surface area contributed by atoms with E-state index >= 15 is 0 Å². The molecule has 4 heteroatoms. The Morgan fingerprint density at radius 1 is 1.24 bits per heavy atom. The molecule has 0 spiro atoms. The Morgan fingerprint density at radius 2 is 2.00 bits per heavy atom. The Kier molecular flexibility index (Phi) is 5.59. The number of hydrogen-bond acceptors (Lipinski definition) is 2. The minimum atomic E-state index is -0.387. The highest BCUT2D eigenvalue weighted by atomic mass is 35.5. The first-order valence-electron chi connectivity index (χ1n) is 6.89. The van der Waals surface area contributed by atoms with Crippen LogP contribution < -0.4 is 10.1 Å². The summed E-state index contributed by atoms with van der Waals surface area (Å²) in [5.41, 5.74) is 2.13. The standard InChI is InChI=1S/C17H19ClFNO/c1-12(9-14-5-3-4-6-17(14)21-2)20-11-13-7-8-16(19)15(18)10-13/h3-8,10,12,20H,9,11H2,1-2H3. The van der Waals surface area contributed by atoms with E-state index in [-0.39, 0.29) is 16.9 Å². The number of halogens is 2. The van der Waals surface area contributed by atoms with Crippen LogP contribution in [0.5, 0.6) is 5.75 Å². The molecule has 0 fully saturated rings. The van der Waals surface area contributed by atoms with Gasteiger partial charge in [0.1, 0.15) is 11.6 Å². The maximum absolute atomic E-state index is 13.1. The van der Waals surface area contributed by atoms with Gasteiger partial charge in [-0.05, 0) is 42.7 Å². The van der Waals surface area contributed by atoms with Gasteiger partial charge in [0, 0.05) is 12.6 Å². The van der Waals surface area contributed by atoms with E-state index < -0.39 is 0 Å². The highest BCUT2D eigenvalue weighted by Gasteiger charge is 2.08. The summed E-state index contributed by atoms with van der Waals surface area (Å²) in [6.45, 7) is 2.76. The van der Waals surface area contributed by atoms with Crippen LogP contribution in [-0.4, -0.2) is 13.2 Å². The normalized spacial score (nSPS) is 12.2. The zero-order chi connectivity index (χ0) is 15.2. The molecule has 0 aliphatic carbocycles. The highest BCUT2D eigenvalue weighted by Crippen LogP contribution is 2.19. The molecule has 2 rings (SSSR count). The van der Waals surface area contributed by atoms with Gasteiger partial charge in [0.15, 0.2) is 0 Å². The largest absolute Gasteiger partial charge is 0.496 e. The van der Waals surface area contributed by atoms with Gasteiger partial charge in [-0.1, -0.05) is 35.9 Å². The van der Waals surface area contributed by atoms with E-state index in [4.69, 9.17) is 16.3 Å². The molecule has 0 aromatic heterocycles. The fourth-order valence-electron chi connectivity index (χ4n) is 2.22. The third-order valence-electron chi connectivity index (χ3n) is 3.36. The van der Waals surface area contributed by atoms with Crippen molar-refractivity contribution in [3.05, 3.63) is 64.4 Å². The molecule has 21 heavy (non-hydrogen) atoms. The number of ether oxygens (including phenoxy) is 1. The molecule has 0 saturated heterocycles. The number of hydrogen-bond donors (Lipinski definition) is 1. The van der Waals surface area contributed by atoms with Crippen LogP contribution >= 0.6 is 11.6 Å². The number of methoxy groups -OCH3 is 1. The van der Waals surface area contributed by atoms with Crippen LogP contribution in [-0.2, 0) is 13.0 Å². The molecular formula is C17H19ClFNO. The molecule has 2 aromatic rings. The first-order valence-corrected chi connectivity index (χ1v) is 7.27. The number of para-hydroxylation sites is 1. The van der Waals surface area contributed by atoms with Gasteiger partial charge in [-0.15, -0.1) is 0 Å².